The second-order valence-corrected chi connectivity index (χ2v) is 7.38. The molecule has 0 N–H and O–H groups in total. The first-order valence-corrected chi connectivity index (χ1v) is 9.30. The Labute approximate surface area is 162 Å². The van der Waals surface area contributed by atoms with E-state index >= 15 is 0 Å². The highest BCUT2D eigenvalue weighted by Crippen LogP contribution is 2.36. The van der Waals surface area contributed by atoms with E-state index in [2.05, 4.69) is 25.9 Å². The van der Waals surface area contributed by atoms with Gasteiger partial charge in [0, 0.05) is 18.5 Å². The topological polar surface area (TPSA) is 55.3 Å². The largest absolute Gasteiger partial charge is 0.469 e. The number of methoxy groups -OCH3 is 1. The van der Waals surface area contributed by atoms with Gasteiger partial charge in [0.25, 0.3) is 0 Å². The van der Waals surface area contributed by atoms with E-state index < -0.39 is 5.82 Å². The van der Waals surface area contributed by atoms with E-state index in [-0.39, 0.29) is 32.2 Å². The van der Waals surface area contributed by atoms with E-state index in [0.29, 0.717) is 30.7 Å². The van der Waals surface area contributed by atoms with Crippen molar-refractivity contribution < 1.29 is 13.9 Å². The predicted octanol–water partition coefficient (Wildman–Crippen LogP) is 4.62. The molecular formula is C16H15BrCl2FN3O2. The van der Waals surface area contributed by atoms with Gasteiger partial charge in [-0.15, -0.1) is 0 Å². The molecule has 0 aliphatic carbocycles. The summed E-state index contributed by atoms with van der Waals surface area (Å²) in [4.78, 5) is 22.1. The van der Waals surface area contributed by atoms with E-state index in [9.17, 15) is 9.18 Å². The number of carbonyl (C=O) groups is 1. The van der Waals surface area contributed by atoms with Gasteiger partial charge in [0.2, 0.25) is 5.28 Å². The van der Waals surface area contributed by atoms with Crippen LogP contribution in [-0.2, 0) is 9.53 Å². The Morgan fingerprint density at radius 2 is 2.12 bits per heavy atom. The van der Waals surface area contributed by atoms with E-state index in [1.165, 1.54) is 7.11 Å². The molecule has 2 heterocycles. The molecule has 1 fully saturated rings. The lowest BCUT2D eigenvalue weighted by Crippen LogP contribution is -2.26. The van der Waals surface area contributed by atoms with Gasteiger partial charge in [0.15, 0.2) is 5.82 Å². The van der Waals surface area contributed by atoms with Crippen LogP contribution in [0.15, 0.2) is 10.5 Å². The summed E-state index contributed by atoms with van der Waals surface area (Å²) in [5.74, 6) is -0.400. The Hall–Kier alpha value is -1.18. The fraction of sp³-hybridized carbons (Fsp3) is 0.438. The molecule has 25 heavy (non-hydrogen) atoms. The number of nitrogens with zero attached hydrogens (tertiary/aromatic N) is 3. The lowest BCUT2D eigenvalue weighted by molar-refractivity contribution is -0.145. The van der Waals surface area contributed by atoms with Crippen LogP contribution in [0.1, 0.15) is 19.3 Å². The van der Waals surface area contributed by atoms with E-state index in [1.54, 1.807) is 6.07 Å². The van der Waals surface area contributed by atoms with Crippen molar-refractivity contribution in [3.05, 3.63) is 26.7 Å². The Morgan fingerprint density at radius 3 is 2.84 bits per heavy atom. The molecule has 5 nitrogen and oxygen atoms in total. The van der Waals surface area contributed by atoms with Crippen molar-refractivity contribution in [2.24, 2.45) is 5.92 Å². The third-order valence-electron chi connectivity index (χ3n) is 4.34. The molecule has 3 rings (SSSR count). The van der Waals surface area contributed by atoms with Crippen molar-refractivity contribution in [1.82, 2.24) is 9.97 Å². The van der Waals surface area contributed by atoms with Crippen molar-refractivity contribution in [1.29, 1.82) is 0 Å². The van der Waals surface area contributed by atoms with Gasteiger partial charge in [-0.25, -0.2) is 9.37 Å². The third kappa shape index (κ3) is 3.68. The van der Waals surface area contributed by atoms with Crippen molar-refractivity contribution in [3.63, 3.8) is 0 Å². The molecule has 1 atom stereocenters. The van der Waals surface area contributed by atoms with Gasteiger partial charge < -0.3 is 9.64 Å². The summed E-state index contributed by atoms with van der Waals surface area (Å²) < 4.78 is 19.5. The number of fused-ring (bicyclic) bond motifs is 1. The lowest BCUT2D eigenvalue weighted by Gasteiger charge is -2.23. The average molecular weight is 451 g/mol. The maximum absolute atomic E-state index is 14.5. The van der Waals surface area contributed by atoms with Crippen LogP contribution in [0.5, 0.6) is 0 Å². The molecule has 1 unspecified atom stereocenters. The molecule has 0 spiro atoms. The van der Waals surface area contributed by atoms with E-state index in [4.69, 9.17) is 27.9 Å². The van der Waals surface area contributed by atoms with E-state index in [1.807, 2.05) is 4.90 Å². The van der Waals surface area contributed by atoms with Gasteiger partial charge in [-0.3, -0.25) is 4.79 Å². The third-order valence-corrected chi connectivity index (χ3v) is 5.81. The predicted molar refractivity (Wildman–Crippen MR) is 98.8 cm³/mol. The summed E-state index contributed by atoms with van der Waals surface area (Å²) in [7, 11) is 1.39. The maximum atomic E-state index is 14.5. The summed E-state index contributed by atoms with van der Waals surface area (Å²) in [6.45, 7) is 1.25. The summed E-state index contributed by atoms with van der Waals surface area (Å²) in [6, 6.07) is 1.62. The minimum absolute atomic E-state index is 0.0376. The van der Waals surface area contributed by atoms with Crippen LogP contribution in [0.2, 0.25) is 10.3 Å². The highest BCUT2D eigenvalue weighted by molar-refractivity contribution is 9.10. The number of anilines is 1. The standard InChI is InChI=1S/C16H15BrCl2FN3O2/c1-25-15(24)8-3-2-5-23(6-4-8)14-9-7-10(18)11(17)12(20)13(9)21-16(19)22-14/h7-8H,2-6H2,1H3. The molecule has 1 aromatic carbocycles. The van der Waals surface area contributed by atoms with E-state index in [0.717, 1.165) is 12.8 Å². The van der Waals surface area contributed by atoms with Gasteiger partial charge in [-0.1, -0.05) is 11.6 Å². The highest BCUT2D eigenvalue weighted by Gasteiger charge is 2.26. The van der Waals surface area contributed by atoms with Crippen LogP contribution in [-0.4, -0.2) is 36.1 Å². The van der Waals surface area contributed by atoms with Gasteiger partial charge in [-0.05, 0) is 52.9 Å². The SMILES string of the molecule is COC(=O)C1CCCN(c2nc(Cl)nc3c(F)c(Br)c(Cl)cc23)CC1. The van der Waals surface area contributed by atoms with Gasteiger partial charge in [0.05, 0.1) is 22.5 Å². The molecular weight excluding hydrogens is 436 g/mol. The quantitative estimate of drug-likeness (QED) is 0.379. The molecule has 0 amide bonds. The molecule has 1 aromatic heterocycles. The lowest BCUT2D eigenvalue weighted by atomic mass is 10.0. The van der Waals surface area contributed by atoms with Gasteiger partial charge in [-0.2, -0.15) is 4.98 Å². The Bertz CT molecular complexity index is 837. The fourth-order valence-corrected chi connectivity index (χ4v) is 3.74. The molecule has 1 aliphatic rings. The molecule has 1 aliphatic heterocycles. The van der Waals surface area contributed by atoms with Crippen LogP contribution in [0.3, 0.4) is 0 Å². The first-order chi connectivity index (χ1) is 11.9. The zero-order valence-corrected chi connectivity index (χ0v) is 16.5. The molecule has 1 saturated heterocycles. The number of benzene rings is 1. The Balaban J connectivity index is 2.02. The molecule has 2 aromatic rings. The number of rotatable bonds is 2. The zero-order valence-electron chi connectivity index (χ0n) is 13.4. The van der Waals surface area contributed by atoms with Crippen LogP contribution in [0, 0.1) is 11.7 Å². The number of aromatic nitrogens is 2. The zero-order chi connectivity index (χ0) is 18.1. The molecule has 0 bridgehead atoms. The number of carbonyl (C=O) groups excluding carboxylic acids is 1. The van der Waals surface area contributed by atoms with Crippen molar-refractivity contribution >= 4 is 61.8 Å². The van der Waals surface area contributed by atoms with Gasteiger partial charge >= 0.3 is 5.97 Å². The van der Waals surface area contributed by atoms with Crippen molar-refractivity contribution in [3.8, 4) is 0 Å². The van der Waals surface area contributed by atoms with Gasteiger partial charge in [0.1, 0.15) is 11.3 Å². The van der Waals surface area contributed by atoms with Crippen molar-refractivity contribution in [2.75, 3.05) is 25.1 Å². The Morgan fingerprint density at radius 1 is 1.36 bits per heavy atom. The average Bonchev–Trinajstić information content (AvgIpc) is 2.85. The fourth-order valence-electron chi connectivity index (χ4n) is 3.08. The van der Waals surface area contributed by atoms with Crippen LogP contribution >= 0.6 is 39.1 Å². The minimum atomic E-state index is -0.574. The first kappa shape index (κ1) is 18.6. The Kier molecular flexibility index (Phi) is 5.65. The summed E-state index contributed by atoms with van der Waals surface area (Å²) in [5.41, 5.74) is 0.111. The summed E-state index contributed by atoms with van der Waals surface area (Å²) in [5, 5.41) is 0.690. The van der Waals surface area contributed by atoms with Crippen LogP contribution in [0.4, 0.5) is 10.2 Å². The van der Waals surface area contributed by atoms with Crippen LogP contribution < -0.4 is 4.90 Å². The smallest absolute Gasteiger partial charge is 0.308 e. The summed E-state index contributed by atoms with van der Waals surface area (Å²) in [6.07, 6.45) is 2.15. The number of esters is 1. The molecule has 0 radical (unpaired) electrons. The number of halogens is 4. The molecule has 134 valence electrons. The van der Waals surface area contributed by atoms with Crippen LogP contribution in [0.25, 0.3) is 10.9 Å². The monoisotopic (exact) mass is 449 g/mol. The molecule has 9 heteroatoms. The second-order valence-electron chi connectivity index (χ2n) is 5.84. The number of ether oxygens (including phenoxy) is 1. The maximum Gasteiger partial charge on any atom is 0.308 e. The van der Waals surface area contributed by atoms with Crippen molar-refractivity contribution in [2.45, 2.75) is 19.3 Å². The number of hydrogen-bond donors (Lipinski definition) is 0. The first-order valence-electron chi connectivity index (χ1n) is 7.76. The summed E-state index contributed by atoms with van der Waals surface area (Å²) >= 11 is 15.2. The highest BCUT2D eigenvalue weighted by atomic mass is 79.9. The molecule has 0 saturated carbocycles. The normalized spacial score (nSPS) is 18.3. The minimum Gasteiger partial charge on any atom is -0.469 e. The number of hydrogen-bond acceptors (Lipinski definition) is 5. The second kappa shape index (κ2) is 7.60.